The highest BCUT2D eigenvalue weighted by Gasteiger charge is 2.23. The molecule has 1 fully saturated rings. The Bertz CT molecular complexity index is 453. The molecule has 0 radical (unpaired) electrons. The normalized spacial score (nSPS) is 21.2. The van der Waals surface area contributed by atoms with Gasteiger partial charge in [-0.05, 0) is 30.7 Å². The minimum atomic E-state index is 0.223. The van der Waals surface area contributed by atoms with Crippen molar-refractivity contribution in [3.05, 3.63) is 29.3 Å². The summed E-state index contributed by atoms with van der Waals surface area (Å²) in [5.74, 6) is 7.79. The minimum absolute atomic E-state index is 0.223. The van der Waals surface area contributed by atoms with Crippen LogP contribution in [0, 0.1) is 5.92 Å². The number of hydrogen-bond acceptors (Lipinski definition) is 3. The molecule has 1 aliphatic carbocycles. The van der Waals surface area contributed by atoms with Crippen LogP contribution < -0.4 is 16.0 Å². The van der Waals surface area contributed by atoms with Crippen LogP contribution >= 0.6 is 0 Å². The SMILES string of the molecule is NNC(CC1CCCCCC1)c1cccc2c1OCCC2. The second-order valence-electron chi connectivity index (χ2n) is 6.60. The molecule has 1 heterocycles. The van der Waals surface area contributed by atoms with Crippen LogP contribution in [-0.4, -0.2) is 6.61 Å². The third-order valence-electron chi connectivity index (χ3n) is 5.08. The van der Waals surface area contributed by atoms with Gasteiger partial charge in [0.1, 0.15) is 5.75 Å². The summed E-state index contributed by atoms with van der Waals surface area (Å²) in [7, 11) is 0. The van der Waals surface area contributed by atoms with E-state index in [1.54, 1.807) is 0 Å². The highest BCUT2D eigenvalue weighted by atomic mass is 16.5. The van der Waals surface area contributed by atoms with E-state index in [1.165, 1.54) is 49.7 Å². The molecule has 1 saturated carbocycles. The summed E-state index contributed by atoms with van der Waals surface area (Å²) in [6.45, 7) is 0.838. The van der Waals surface area contributed by atoms with Crippen LogP contribution in [0.4, 0.5) is 0 Å². The number of nitrogens with two attached hydrogens (primary N) is 1. The molecule has 0 amide bonds. The zero-order valence-corrected chi connectivity index (χ0v) is 12.9. The number of nitrogens with one attached hydrogen (secondary N) is 1. The van der Waals surface area contributed by atoms with Crippen molar-refractivity contribution in [1.29, 1.82) is 0 Å². The molecule has 1 aliphatic heterocycles. The molecule has 0 bridgehead atoms. The van der Waals surface area contributed by atoms with E-state index >= 15 is 0 Å². The Hall–Kier alpha value is -1.06. The van der Waals surface area contributed by atoms with E-state index in [0.29, 0.717) is 0 Å². The third-order valence-corrected chi connectivity index (χ3v) is 5.08. The fourth-order valence-corrected chi connectivity index (χ4v) is 3.91. The highest BCUT2D eigenvalue weighted by Crippen LogP contribution is 2.37. The Morgan fingerprint density at radius 3 is 2.71 bits per heavy atom. The third kappa shape index (κ3) is 3.58. The highest BCUT2D eigenvalue weighted by molar-refractivity contribution is 5.44. The van der Waals surface area contributed by atoms with Crippen LogP contribution in [0.25, 0.3) is 0 Å². The van der Waals surface area contributed by atoms with Crippen molar-refractivity contribution in [3.8, 4) is 5.75 Å². The van der Waals surface area contributed by atoms with E-state index in [2.05, 4.69) is 23.6 Å². The predicted molar refractivity (Wildman–Crippen MR) is 86.1 cm³/mol. The summed E-state index contributed by atoms with van der Waals surface area (Å²) in [4.78, 5) is 0. The molecule has 1 unspecified atom stereocenters. The van der Waals surface area contributed by atoms with Crippen molar-refractivity contribution in [1.82, 2.24) is 5.43 Å². The van der Waals surface area contributed by atoms with Gasteiger partial charge in [0.25, 0.3) is 0 Å². The Labute approximate surface area is 128 Å². The van der Waals surface area contributed by atoms with E-state index in [9.17, 15) is 0 Å². The van der Waals surface area contributed by atoms with Crippen LogP contribution in [0.3, 0.4) is 0 Å². The van der Waals surface area contributed by atoms with Crippen LogP contribution in [0.1, 0.15) is 68.5 Å². The van der Waals surface area contributed by atoms with Gasteiger partial charge in [0.05, 0.1) is 6.61 Å². The second-order valence-corrected chi connectivity index (χ2v) is 6.60. The topological polar surface area (TPSA) is 47.3 Å². The fraction of sp³-hybridized carbons (Fsp3) is 0.667. The van der Waals surface area contributed by atoms with Crippen molar-refractivity contribution in [2.45, 2.75) is 63.8 Å². The summed E-state index contributed by atoms with van der Waals surface area (Å²) in [6.07, 6.45) is 11.7. The molecule has 2 aliphatic rings. The van der Waals surface area contributed by atoms with Gasteiger partial charge in [-0.15, -0.1) is 0 Å². The van der Waals surface area contributed by atoms with Gasteiger partial charge in [-0.1, -0.05) is 56.7 Å². The molecule has 0 spiro atoms. The van der Waals surface area contributed by atoms with Gasteiger partial charge in [-0.3, -0.25) is 11.3 Å². The largest absolute Gasteiger partial charge is 0.493 e. The van der Waals surface area contributed by atoms with Gasteiger partial charge in [-0.2, -0.15) is 0 Å². The Kier molecular flexibility index (Phi) is 5.15. The first kappa shape index (κ1) is 14.9. The number of fused-ring (bicyclic) bond motifs is 1. The molecular formula is C18H28N2O. The van der Waals surface area contributed by atoms with Crippen LogP contribution in [-0.2, 0) is 6.42 Å². The minimum Gasteiger partial charge on any atom is -0.493 e. The van der Waals surface area contributed by atoms with Crippen molar-refractivity contribution < 1.29 is 4.74 Å². The number of aryl methyl sites for hydroxylation is 1. The average molecular weight is 288 g/mol. The first-order chi connectivity index (χ1) is 10.4. The van der Waals surface area contributed by atoms with E-state index in [4.69, 9.17) is 10.6 Å². The monoisotopic (exact) mass is 288 g/mol. The summed E-state index contributed by atoms with van der Waals surface area (Å²) in [6, 6.07) is 6.75. The zero-order valence-electron chi connectivity index (χ0n) is 12.9. The van der Waals surface area contributed by atoms with Gasteiger partial charge in [0.2, 0.25) is 0 Å². The molecule has 21 heavy (non-hydrogen) atoms. The molecule has 1 aromatic carbocycles. The Morgan fingerprint density at radius 2 is 1.95 bits per heavy atom. The number of benzene rings is 1. The molecule has 0 aromatic heterocycles. The maximum absolute atomic E-state index is 5.96. The van der Waals surface area contributed by atoms with E-state index in [-0.39, 0.29) is 6.04 Å². The van der Waals surface area contributed by atoms with Crippen molar-refractivity contribution >= 4 is 0 Å². The summed E-state index contributed by atoms with van der Waals surface area (Å²) in [5.41, 5.74) is 5.67. The van der Waals surface area contributed by atoms with Crippen molar-refractivity contribution in [2.75, 3.05) is 6.61 Å². The summed E-state index contributed by atoms with van der Waals surface area (Å²) in [5, 5.41) is 0. The van der Waals surface area contributed by atoms with Crippen LogP contribution in [0.5, 0.6) is 5.75 Å². The fourth-order valence-electron chi connectivity index (χ4n) is 3.91. The molecular weight excluding hydrogens is 260 g/mol. The first-order valence-electron chi connectivity index (χ1n) is 8.59. The van der Waals surface area contributed by atoms with Crippen molar-refractivity contribution in [2.24, 2.45) is 11.8 Å². The quantitative estimate of drug-likeness (QED) is 0.502. The van der Waals surface area contributed by atoms with E-state index in [0.717, 1.165) is 37.5 Å². The molecule has 3 N–H and O–H groups in total. The standard InChI is InChI=1S/C18H28N2O/c19-20-17(13-14-7-3-1-2-4-8-14)16-11-5-9-15-10-6-12-21-18(15)16/h5,9,11,14,17,20H,1-4,6-8,10,12-13,19H2. The van der Waals surface area contributed by atoms with Crippen molar-refractivity contribution in [3.63, 3.8) is 0 Å². The maximum Gasteiger partial charge on any atom is 0.127 e. The van der Waals surface area contributed by atoms with Gasteiger partial charge in [0, 0.05) is 11.6 Å². The molecule has 3 rings (SSSR count). The molecule has 3 heteroatoms. The van der Waals surface area contributed by atoms with E-state index < -0.39 is 0 Å². The number of hydrogen-bond donors (Lipinski definition) is 2. The van der Waals surface area contributed by atoms with Gasteiger partial charge in [0.15, 0.2) is 0 Å². The lowest BCUT2D eigenvalue weighted by atomic mass is 9.88. The number of rotatable bonds is 4. The van der Waals surface area contributed by atoms with Gasteiger partial charge < -0.3 is 4.74 Å². The smallest absolute Gasteiger partial charge is 0.127 e. The Balaban J connectivity index is 1.76. The summed E-state index contributed by atoms with van der Waals surface area (Å²) < 4.78 is 5.96. The molecule has 3 nitrogen and oxygen atoms in total. The lowest BCUT2D eigenvalue weighted by molar-refractivity contribution is 0.276. The zero-order chi connectivity index (χ0) is 14.5. The number of ether oxygens (including phenoxy) is 1. The maximum atomic E-state index is 5.96. The second kappa shape index (κ2) is 7.28. The predicted octanol–water partition coefficient (Wildman–Crippen LogP) is 3.88. The molecule has 1 aromatic rings. The van der Waals surface area contributed by atoms with Gasteiger partial charge >= 0.3 is 0 Å². The first-order valence-corrected chi connectivity index (χ1v) is 8.59. The van der Waals surface area contributed by atoms with Crippen LogP contribution in [0.2, 0.25) is 0 Å². The van der Waals surface area contributed by atoms with Crippen LogP contribution in [0.15, 0.2) is 18.2 Å². The lowest BCUT2D eigenvalue weighted by Gasteiger charge is -2.27. The van der Waals surface area contributed by atoms with E-state index in [1.807, 2.05) is 0 Å². The Morgan fingerprint density at radius 1 is 1.14 bits per heavy atom. The molecule has 0 saturated heterocycles. The number of hydrazine groups is 1. The number of para-hydroxylation sites is 1. The lowest BCUT2D eigenvalue weighted by Crippen LogP contribution is -2.30. The molecule has 1 atom stereocenters. The summed E-state index contributed by atoms with van der Waals surface area (Å²) >= 11 is 0. The average Bonchev–Trinajstić information content (AvgIpc) is 2.81. The molecule has 116 valence electrons. The van der Waals surface area contributed by atoms with Gasteiger partial charge in [-0.25, -0.2) is 0 Å².